The second-order valence-electron chi connectivity index (χ2n) is 7.53. The maximum Gasteiger partial charge on any atom is 0.289 e. The van der Waals surface area contributed by atoms with Crippen LogP contribution in [0.25, 0.3) is 11.0 Å². The predicted molar refractivity (Wildman–Crippen MR) is 109 cm³/mol. The number of rotatable bonds is 5. The molecule has 4 rings (SSSR count). The summed E-state index contributed by atoms with van der Waals surface area (Å²) in [5.74, 6) is 1.04. The molecular weight excluding hydrogens is 334 g/mol. The molecule has 1 aliphatic rings. The quantitative estimate of drug-likeness (QED) is 0.684. The minimum Gasteiger partial charge on any atom is -0.334 e. The zero-order chi connectivity index (χ0) is 18.6. The van der Waals surface area contributed by atoms with E-state index in [2.05, 4.69) is 52.1 Å². The maximum absolute atomic E-state index is 13.2. The van der Waals surface area contributed by atoms with Gasteiger partial charge in [-0.15, -0.1) is 0 Å². The van der Waals surface area contributed by atoms with Crippen LogP contribution in [0.5, 0.6) is 0 Å². The Balaban J connectivity index is 1.55. The van der Waals surface area contributed by atoms with Crippen molar-refractivity contribution in [3.8, 4) is 0 Å². The molecule has 1 aromatic heterocycles. The highest BCUT2D eigenvalue weighted by atomic mass is 16.2. The van der Waals surface area contributed by atoms with E-state index >= 15 is 0 Å². The molecule has 0 aliphatic carbocycles. The zero-order valence-electron chi connectivity index (χ0n) is 15.9. The van der Waals surface area contributed by atoms with Crippen molar-refractivity contribution >= 4 is 16.9 Å². The lowest BCUT2D eigenvalue weighted by molar-refractivity contribution is 0.0564. The number of unbranched alkanes of at least 4 members (excludes halogenated alkanes) is 1. The Morgan fingerprint density at radius 1 is 1.15 bits per heavy atom. The fourth-order valence-corrected chi connectivity index (χ4v) is 4.25. The van der Waals surface area contributed by atoms with Gasteiger partial charge in [-0.1, -0.05) is 62.2 Å². The SMILES string of the molecule is CCCC[C@@H]1C[C@H](c2ccccc2)CCN1C(=O)c1nc2ccccc2[nH]1. The van der Waals surface area contributed by atoms with E-state index in [0.717, 1.165) is 49.7 Å². The number of piperidine rings is 1. The first-order valence-corrected chi connectivity index (χ1v) is 10.1. The Morgan fingerprint density at radius 2 is 1.93 bits per heavy atom. The number of nitrogens with zero attached hydrogens (tertiary/aromatic N) is 2. The molecule has 2 atom stereocenters. The molecule has 1 fully saturated rings. The van der Waals surface area contributed by atoms with Crippen LogP contribution in [0.2, 0.25) is 0 Å². The highest BCUT2D eigenvalue weighted by molar-refractivity contribution is 5.94. The summed E-state index contributed by atoms with van der Waals surface area (Å²) in [5, 5.41) is 0. The highest BCUT2D eigenvalue weighted by Gasteiger charge is 2.33. The summed E-state index contributed by atoms with van der Waals surface area (Å²) < 4.78 is 0. The third-order valence-corrected chi connectivity index (χ3v) is 5.73. The molecule has 4 heteroatoms. The normalized spacial score (nSPS) is 20.1. The lowest BCUT2D eigenvalue weighted by atomic mass is 9.83. The lowest BCUT2D eigenvalue weighted by Gasteiger charge is -2.39. The van der Waals surface area contributed by atoms with E-state index in [-0.39, 0.29) is 11.9 Å². The second-order valence-corrected chi connectivity index (χ2v) is 7.53. The van der Waals surface area contributed by atoms with Crippen LogP contribution in [0, 0.1) is 0 Å². The molecule has 4 nitrogen and oxygen atoms in total. The van der Waals surface area contributed by atoms with Crippen LogP contribution in [-0.2, 0) is 0 Å². The van der Waals surface area contributed by atoms with Crippen molar-refractivity contribution in [3.05, 3.63) is 66.0 Å². The third-order valence-electron chi connectivity index (χ3n) is 5.73. The maximum atomic E-state index is 13.2. The number of imidazole rings is 1. The molecule has 0 bridgehead atoms. The molecule has 1 N–H and O–H groups in total. The van der Waals surface area contributed by atoms with Crippen LogP contribution in [-0.4, -0.2) is 33.4 Å². The van der Waals surface area contributed by atoms with Crippen LogP contribution in [0.4, 0.5) is 0 Å². The van der Waals surface area contributed by atoms with Gasteiger partial charge < -0.3 is 9.88 Å². The molecule has 0 saturated carbocycles. The zero-order valence-corrected chi connectivity index (χ0v) is 15.9. The van der Waals surface area contributed by atoms with E-state index < -0.39 is 0 Å². The van der Waals surface area contributed by atoms with E-state index in [1.807, 2.05) is 24.3 Å². The molecule has 2 aromatic carbocycles. The van der Waals surface area contributed by atoms with Crippen molar-refractivity contribution in [2.45, 2.75) is 51.0 Å². The molecule has 0 spiro atoms. The van der Waals surface area contributed by atoms with E-state index in [4.69, 9.17) is 0 Å². The molecule has 1 saturated heterocycles. The van der Waals surface area contributed by atoms with Gasteiger partial charge in [0.05, 0.1) is 11.0 Å². The Hall–Kier alpha value is -2.62. The van der Waals surface area contributed by atoms with Crippen LogP contribution < -0.4 is 0 Å². The summed E-state index contributed by atoms with van der Waals surface area (Å²) in [5.41, 5.74) is 3.17. The van der Waals surface area contributed by atoms with E-state index in [1.165, 1.54) is 5.56 Å². The largest absolute Gasteiger partial charge is 0.334 e. The number of hydrogen-bond acceptors (Lipinski definition) is 2. The topological polar surface area (TPSA) is 49.0 Å². The summed E-state index contributed by atoms with van der Waals surface area (Å²) in [4.78, 5) is 23.0. The molecule has 1 amide bonds. The van der Waals surface area contributed by atoms with Crippen LogP contribution in [0.1, 0.15) is 61.1 Å². The monoisotopic (exact) mass is 361 g/mol. The number of hydrogen-bond donors (Lipinski definition) is 1. The number of likely N-dealkylation sites (tertiary alicyclic amines) is 1. The molecule has 0 unspecified atom stereocenters. The molecule has 140 valence electrons. The number of nitrogens with one attached hydrogen (secondary N) is 1. The minimum atomic E-state index is 0.0406. The fraction of sp³-hybridized carbons (Fsp3) is 0.391. The van der Waals surface area contributed by atoms with Gasteiger partial charge in [0.2, 0.25) is 0 Å². The van der Waals surface area contributed by atoms with Gasteiger partial charge in [0.1, 0.15) is 0 Å². The molecular formula is C23H27N3O. The molecule has 0 radical (unpaired) electrons. The number of carbonyl (C=O) groups is 1. The second kappa shape index (κ2) is 7.95. The Bertz CT molecular complexity index is 869. The van der Waals surface area contributed by atoms with Gasteiger partial charge in [0, 0.05) is 12.6 Å². The smallest absolute Gasteiger partial charge is 0.289 e. The van der Waals surface area contributed by atoms with Crippen molar-refractivity contribution < 1.29 is 4.79 Å². The Labute approximate surface area is 160 Å². The first-order valence-electron chi connectivity index (χ1n) is 10.1. The van der Waals surface area contributed by atoms with Crippen molar-refractivity contribution in [2.24, 2.45) is 0 Å². The number of fused-ring (bicyclic) bond motifs is 1. The standard InChI is InChI=1S/C23H27N3O/c1-2-3-11-19-16-18(17-9-5-4-6-10-17)14-15-26(19)23(27)22-24-20-12-7-8-13-21(20)25-22/h4-10,12-13,18-19H,2-3,11,14-16H2,1H3,(H,24,25)/t18-,19-/m1/s1. The van der Waals surface area contributed by atoms with Crippen molar-refractivity contribution in [1.29, 1.82) is 0 Å². The van der Waals surface area contributed by atoms with Gasteiger partial charge in [0.25, 0.3) is 5.91 Å². The van der Waals surface area contributed by atoms with Crippen molar-refractivity contribution in [3.63, 3.8) is 0 Å². The fourth-order valence-electron chi connectivity index (χ4n) is 4.25. The van der Waals surface area contributed by atoms with Gasteiger partial charge in [0.15, 0.2) is 5.82 Å². The van der Waals surface area contributed by atoms with E-state index in [0.29, 0.717) is 11.7 Å². The average molecular weight is 361 g/mol. The van der Waals surface area contributed by atoms with E-state index in [9.17, 15) is 4.79 Å². The lowest BCUT2D eigenvalue weighted by Crippen LogP contribution is -2.46. The Kier molecular flexibility index (Phi) is 5.23. The summed E-state index contributed by atoms with van der Waals surface area (Å²) in [6.45, 7) is 3.01. The number of amides is 1. The van der Waals surface area contributed by atoms with Crippen LogP contribution in [0.15, 0.2) is 54.6 Å². The summed E-state index contributed by atoms with van der Waals surface area (Å²) in [7, 11) is 0. The number of aromatic nitrogens is 2. The van der Waals surface area contributed by atoms with Gasteiger partial charge >= 0.3 is 0 Å². The van der Waals surface area contributed by atoms with E-state index in [1.54, 1.807) is 0 Å². The van der Waals surface area contributed by atoms with Gasteiger partial charge in [-0.25, -0.2) is 4.98 Å². The third kappa shape index (κ3) is 3.75. The van der Waals surface area contributed by atoms with Gasteiger partial charge in [-0.3, -0.25) is 4.79 Å². The summed E-state index contributed by atoms with van der Waals surface area (Å²) >= 11 is 0. The molecule has 3 aromatic rings. The predicted octanol–water partition coefficient (Wildman–Crippen LogP) is 5.14. The molecule has 1 aliphatic heterocycles. The van der Waals surface area contributed by atoms with Crippen LogP contribution >= 0.6 is 0 Å². The molecule has 27 heavy (non-hydrogen) atoms. The summed E-state index contributed by atoms with van der Waals surface area (Å²) in [6.07, 6.45) is 5.41. The first kappa shape index (κ1) is 17.8. The van der Waals surface area contributed by atoms with Crippen molar-refractivity contribution in [1.82, 2.24) is 14.9 Å². The summed E-state index contributed by atoms with van der Waals surface area (Å²) in [6, 6.07) is 18.8. The molecule has 2 heterocycles. The minimum absolute atomic E-state index is 0.0406. The van der Waals surface area contributed by atoms with Gasteiger partial charge in [-0.2, -0.15) is 0 Å². The van der Waals surface area contributed by atoms with Crippen molar-refractivity contribution in [2.75, 3.05) is 6.54 Å². The number of benzene rings is 2. The number of H-pyrrole nitrogens is 1. The number of aromatic amines is 1. The average Bonchev–Trinajstić information content (AvgIpc) is 3.16. The van der Waals surface area contributed by atoms with Crippen LogP contribution in [0.3, 0.4) is 0 Å². The highest BCUT2D eigenvalue weighted by Crippen LogP contribution is 2.34. The Morgan fingerprint density at radius 3 is 2.70 bits per heavy atom. The first-order chi connectivity index (χ1) is 13.3. The van der Waals surface area contributed by atoms with Gasteiger partial charge in [-0.05, 0) is 42.9 Å². The number of para-hydroxylation sites is 2. The number of carbonyl (C=O) groups excluding carboxylic acids is 1.